The van der Waals surface area contributed by atoms with Crippen LogP contribution in [0, 0.1) is 11.2 Å². The van der Waals surface area contributed by atoms with E-state index in [4.69, 9.17) is 0 Å². The lowest BCUT2D eigenvalue weighted by molar-refractivity contribution is -0.0233. The summed E-state index contributed by atoms with van der Waals surface area (Å²) >= 11 is 3.18. The topological polar surface area (TPSA) is 49.3 Å². The molecule has 2 N–H and O–H groups in total. The van der Waals surface area contributed by atoms with Crippen molar-refractivity contribution in [3.05, 3.63) is 34.1 Å². The van der Waals surface area contributed by atoms with E-state index in [2.05, 4.69) is 35.1 Å². The third-order valence-electron chi connectivity index (χ3n) is 4.30. The average Bonchev–Trinajstić information content (AvgIpc) is 2.41. The van der Waals surface area contributed by atoms with Crippen molar-refractivity contribution in [2.75, 3.05) is 6.54 Å². The molecule has 2 rings (SSSR count). The molecule has 0 atom stereocenters. The van der Waals surface area contributed by atoms with Crippen LogP contribution < -0.4 is 5.32 Å². The Morgan fingerprint density at radius 2 is 1.95 bits per heavy atom. The van der Waals surface area contributed by atoms with Gasteiger partial charge in [0, 0.05) is 11.0 Å². The molecule has 3 nitrogen and oxygen atoms in total. The van der Waals surface area contributed by atoms with Crippen molar-refractivity contribution < 1.29 is 14.3 Å². The minimum Gasteiger partial charge on any atom is -0.388 e. The smallest absolute Gasteiger partial charge is 0.255 e. The molecule has 1 aromatic rings. The van der Waals surface area contributed by atoms with Crippen molar-refractivity contribution in [3.63, 3.8) is 0 Å². The number of hydrogen-bond acceptors (Lipinski definition) is 2. The number of benzene rings is 1. The van der Waals surface area contributed by atoms with Gasteiger partial charge in [-0.25, -0.2) is 4.39 Å². The molecule has 0 heterocycles. The second-order valence-corrected chi connectivity index (χ2v) is 7.52. The SMILES string of the molecule is CC1(C)CCC(O)(CNC(=O)c2c(F)cccc2Br)CC1. The minimum atomic E-state index is -0.886. The first-order valence-corrected chi connectivity index (χ1v) is 7.96. The van der Waals surface area contributed by atoms with Crippen LogP contribution in [0.25, 0.3) is 0 Å². The molecular weight excluding hydrogens is 337 g/mol. The van der Waals surface area contributed by atoms with Crippen LogP contribution >= 0.6 is 15.9 Å². The zero-order valence-electron chi connectivity index (χ0n) is 12.4. The van der Waals surface area contributed by atoms with Gasteiger partial charge in [0.1, 0.15) is 5.82 Å². The van der Waals surface area contributed by atoms with Crippen LogP contribution in [0.4, 0.5) is 4.39 Å². The van der Waals surface area contributed by atoms with Crippen molar-refractivity contribution >= 4 is 21.8 Å². The molecule has 0 saturated heterocycles. The second-order valence-electron chi connectivity index (χ2n) is 6.67. The Bertz CT molecular complexity index is 515. The largest absolute Gasteiger partial charge is 0.388 e. The molecule has 1 aromatic carbocycles. The van der Waals surface area contributed by atoms with Gasteiger partial charge in [-0.05, 0) is 59.2 Å². The highest BCUT2D eigenvalue weighted by Gasteiger charge is 2.37. The van der Waals surface area contributed by atoms with E-state index < -0.39 is 17.3 Å². The summed E-state index contributed by atoms with van der Waals surface area (Å²) in [6.45, 7) is 4.52. The number of amides is 1. The molecule has 1 saturated carbocycles. The van der Waals surface area contributed by atoms with E-state index in [1.165, 1.54) is 12.1 Å². The van der Waals surface area contributed by atoms with E-state index >= 15 is 0 Å². The highest BCUT2D eigenvalue weighted by molar-refractivity contribution is 9.10. The molecule has 21 heavy (non-hydrogen) atoms. The maximum Gasteiger partial charge on any atom is 0.255 e. The number of rotatable bonds is 3. The molecule has 0 radical (unpaired) electrons. The number of hydrogen-bond donors (Lipinski definition) is 2. The summed E-state index contributed by atoms with van der Waals surface area (Å²) in [6, 6.07) is 4.40. The van der Waals surface area contributed by atoms with E-state index in [1.54, 1.807) is 6.07 Å². The lowest BCUT2D eigenvalue weighted by Crippen LogP contribution is -2.46. The molecule has 116 valence electrons. The Labute approximate surface area is 133 Å². The zero-order valence-corrected chi connectivity index (χ0v) is 14.0. The zero-order chi connectivity index (χ0) is 15.7. The summed E-state index contributed by atoms with van der Waals surface area (Å²) in [5.74, 6) is -1.07. The Kier molecular flexibility index (Phi) is 4.73. The summed E-state index contributed by atoms with van der Waals surface area (Å²) < 4.78 is 14.1. The first kappa shape index (κ1) is 16.4. The van der Waals surface area contributed by atoms with Crippen LogP contribution in [0.2, 0.25) is 0 Å². The Hall–Kier alpha value is -0.940. The van der Waals surface area contributed by atoms with Gasteiger partial charge >= 0.3 is 0 Å². The number of carbonyl (C=O) groups is 1. The maximum atomic E-state index is 13.7. The third kappa shape index (κ3) is 4.04. The fraction of sp³-hybridized carbons (Fsp3) is 0.562. The fourth-order valence-electron chi connectivity index (χ4n) is 2.62. The van der Waals surface area contributed by atoms with E-state index in [0.717, 1.165) is 12.8 Å². The highest BCUT2D eigenvalue weighted by Crippen LogP contribution is 2.39. The van der Waals surface area contributed by atoms with Crippen molar-refractivity contribution in [1.29, 1.82) is 0 Å². The monoisotopic (exact) mass is 357 g/mol. The molecule has 0 unspecified atom stereocenters. The van der Waals surface area contributed by atoms with Crippen molar-refractivity contribution in [1.82, 2.24) is 5.32 Å². The maximum absolute atomic E-state index is 13.7. The van der Waals surface area contributed by atoms with Crippen LogP contribution in [0.15, 0.2) is 22.7 Å². The molecule has 1 aliphatic rings. The van der Waals surface area contributed by atoms with Crippen LogP contribution in [-0.4, -0.2) is 23.2 Å². The minimum absolute atomic E-state index is 0.0164. The van der Waals surface area contributed by atoms with Gasteiger partial charge in [0.05, 0.1) is 11.2 Å². The van der Waals surface area contributed by atoms with E-state index in [1.807, 2.05) is 0 Å². The van der Waals surface area contributed by atoms with Gasteiger partial charge < -0.3 is 10.4 Å². The van der Waals surface area contributed by atoms with Crippen molar-refractivity contribution in [2.24, 2.45) is 5.41 Å². The number of halogens is 2. The number of carbonyl (C=O) groups excluding carboxylic acids is 1. The molecule has 0 spiro atoms. The Morgan fingerprint density at radius 3 is 2.52 bits per heavy atom. The van der Waals surface area contributed by atoms with Crippen LogP contribution in [-0.2, 0) is 0 Å². The summed E-state index contributed by atoms with van der Waals surface area (Å²) in [6.07, 6.45) is 3.14. The molecule has 5 heteroatoms. The standard InChI is InChI=1S/C16H21BrFNO2/c1-15(2)6-8-16(21,9-7-15)10-19-14(20)13-11(17)4-3-5-12(13)18/h3-5,21H,6-10H2,1-2H3,(H,19,20). The van der Waals surface area contributed by atoms with Gasteiger partial charge in [-0.1, -0.05) is 19.9 Å². The van der Waals surface area contributed by atoms with Gasteiger partial charge in [-0.15, -0.1) is 0 Å². The van der Waals surface area contributed by atoms with Crippen molar-refractivity contribution in [2.45, 2.75) is 45.1 Å². The van der Waals surface area contributed by atoms with Gasteiger partial charge in [0.15, 0.2) is 0 Å². The van der Waals surface area contributed by atoms with Crippen LogP contribution in [0.5, 0.6) is 0 Å². The molecule has 1 amide bonds. The first-order valence-electron chi connectivity index (χ1n) is 7.17. The fourth-order valence-corrected chi connectivity index (χ4v) is 3.14. The number of nitrogens with one attached hydrogen (secondary N) is 1. The first-order chi connectivity index (χ1) is 9.72. The molecule has 0 aliphatic heterocycles. The van der Waals surface area contributed by atoms with Crippen LogP contribution in [0.3, 0.4) is 0 Å². The second kappa shape index (κ2) is 6.05. The number of aliphatic hydroxyl groups is 1. The molecule has 1 aliphatic carbocycles. The average molecular weight is 358 g/mol. The highest BCUT2D eigenvalue weighted by atomic mass is 79.9. The van der Waals surface area contributed by atoms with E-state index in [9.17, 15) is 14.3 Å². The molecule has 1 fully saturated rings. The molecule has 0 bridgehead atoms. The van der Waals surface area contributed by atoms with E-state index in [0.29, 0.717) is 17.3 Å². The lowest BCUT2D eigenvalue weighted by Gasteiger charge is -2.40. The van der Waals surface area contributed by atoms with Gasteiger partial charge in [-0.2, -0.15) is 0 Å². The Balaban J connectivity index is 1.99. The van der Waals surface area contributed by atoms with Gasteiger partial charge in [0.2, 0.25) is 0 Å². The predicted octanol–water partition coefficient (Wildman–Crippen LogP) is 3.65. The van der Waals surface area contributed by atoms with Gasteiger partial charge in [0.25, 0.3) is 5.91 Å². The van der Waals surface area contributed by atoms with Gasteiger partial charge in [-0.3, -0.25) is 4.79 Å². The predicted molar refractivity (Wildman–Crippen MR) is 83.6 cm³/mol. The summed E-state index contributed by atoms with van der Waals surface area (Å²) in [7, 11) is 0. The molecule has 0 aromatic heterocycles. The third-order valence-corrected chi connectivity index (χ3v) is 4.96. The normalized spacial score (nSPS) is 20.0. The Morgan fingerprint density at radius 1 is 1.33 bits per heavy atom. The summed E-state index contributed by atoms with van der Waals surface area (Å²) in [4.78, 5) is 12.1. The summed E-state index contributed by atoms with van der Waals surface area (Å²) in [5, 5.41) is 13.2. The molecular formula is C16H21BrFNO2. The quantitative estimate of drug-likeness (QED) is 0.867. The summed E-state index contributed by atoms with van der Waals surface area (Å²) in [5.41, 5.74) is -0.662. The lowest BCUT2D eigenvalue weighted by atomic mass is 9.71. The van der Waals surface area contributed by atoms with E-state index in [-0.39, 0.29) is 17.5 Å². The van der Waals surface area contributed by atoms with Crippen LogP contribution in [0.1, 0.15) is 49.9 Å². The van der Waals surface area contributed by atoms with Crippen molar-refractivity contribution in [3.8, 4) is 0 Å².